The van der Waals surface area contributed by atoms with Crippen LogP contribution in [-0.4, -0.2) is 26.5 Å². The molecule has 3 rings (SSSR count). The lowest BCUT2D eigenvalue weighted by molar-refractivity contribution is -0.122. The van der Waals surface area contributed by atoms with E-state index in [-0.39, 0.29) is 17.7 Å². The first-order chi connectivity index (χ1) is 12.4. The molecule has 0 unspecified atom stereocenters. The highest BCUT2D eigenvalue weighted by Gasteiger charge is 2.20. The minimum atomic E-state index is -0.111. The van der Waals surface area contributed by atoms with E-state index in [2.05, 4.69) is 21.5 Å². The van der Waals surface area contributed by atoms with Crippen molar-refractivity contribution in [3.8, 4) is 0 Å². The molecule has 1 amide bonds. The van der Waals surface area contributed by atoms with Gasteiger partial charge in [0.15, 0.2) is 5.78 Å². The second-order valence-corrected chi connectivity index (χ2v) is 7.18. The topological polar surface area (TPSA) is 76.9 Å². The van der Waals surface area contributed by atoms with Crippen molar-refractivity contribution in [1.29, 1.82) is 0 Å². The summed E-state index contributed by atoms with van der Waals surface area (Å²) in [6.45, 7) is 7.68. The third-order valence-corrected chi connectivity index (χ3v) is 5.04. The largest absolute Gasteiger partial charge is 0.352 e. The van der Waals surface area contributed by atoms with Crippen LogP contribution in [0.2, 0.25) is 0 Å². The molecule has 0 fully saturated rings. The number of amides is 1. The SMILES string of the molecule is CC(=O)c1c(C)nn([C@H](C)CC(=O)NCc2cnc3c(c2)CCC3)c1C. The number of Topliss-reactive ketones (excluding diaryl/α,β-unsaturated/α-hetero) is 1. The Morgan fingerprint density at radius 3 is 2.77 bits per heavy atom. The zero-order valence-corrected chi connectivity index (χ0v) is 15.9. The zero-order valence-electron chi connectivity index (χ0n) is 15.9. The van der Waals surface area contributed by atoms with Gasteiger partial charge in [0.25, 0.3) is 0 Å². The van der Waals surface area contributed by atoms with Crippen LogP contribution < -0.4 is 5.32 Å². The molecule has 1 N–H and O–H groups in total. The monoisotopic (exact) mass is 354 g/mol. The van der Waals surface area contributed by atoms with Crippen LogP contribution in [0.25, 0.3) is 0 Å². The normalized spacial score (nSPS) is 14.2. The Morgan fingerprint density at radius 2 is 2.08 bits per heavy atom. The average Bonchev–Trinajstić information content (AvgIpc) is 3.16. The van der Waals surface area contributed by atoms with Gasteiger partial charge >= 0.3 is 0 Å². The Kier molecular flexibility index (Phi) is 5.20. The molecule has 0 radical (unpaired) electrons. The van der Waals surface area contributed by atoms with E-state index >= 15 is 0 Å². The minimum absolute atomic E-state index is 0.00649. The summed E-state index contributed by atoms with van der Waals surface area (Å²) >= 11 is 0. The lowest BCUT2D eigenvalue weighted by Crippen LogP contribution is -2.26. The van der Waals surface area contributed by atoms with E-state index < -0.39 is 0 Å². The molecule has 2 heterocycles. The van der Waals surface area contributed by atoms with Crippen LogP contribution in [0.4, 0.5) is 0 Å². The number of rotatable bonds is 6. The zero-order chi connectivity index (χ0) is 18.8. The number of aryl methyl sites for hydroxylation is 3. The van der Waals surface area contributed by atoms with Gasteiger partial charge in [0.1, 0.15) is 0 Å². The quantitative estimate of drug-likeness (QED) is 0.809. The summed E-state index contributed by atoms with van der Waals surface area (Å²) in [4.78, 5) is 28.6. The Balaban J connectivity index is 1.60. The maximum absolute atomic E-state index is 12.3. The molecule has 0 bridgehead atoms. The fourth-order valence-corrected chi connectivity index (χ4v) is 3.80. The van der Waals surface area contributed by atoms with E-state index in [1.807, 2.05) is 27.0 Å². The molecule has 0 spiro atoms. The summed E-state index contributed by atoms with van der Waals surface area (Å²) < 4.78 is 1.78. The smallest absolute Gasteiger partial charge is 0.222 e. The van der Waals surface area contributed by atoms with Gasteiger partial charge < -0.3 is 5.32 Å². The van der Waals surface area contributed by atoms with Crippen LogP contribution >= 0.6 is 0 Å². The Bertz CT molecular complexity index is 854. The third-order valence-electron chi connectivity index (χ3n) is 5.04. The second kappa shape index (κ2) is 7.40. The van der Waals surface area contributed by atoms with Crippen LogP contribution in [0, 0.1) is 13.8 Å². The van der Waals surface area contributed by atoms with E-state index in [1.54, 1.807) is 11.6 Å². The number of nitrogens with one attached hydrogen (secondary N) is 1. The molecule has 0 saturated heterocycles. The van der Waals surface area contributed by atoms with Crippen molar-refractivity contribution < 1.29 is 9.59 Å². The summed E-state index contributed by atoms with van der Waals surface area (Å²) in [5.74, 6) is -0.0260. The first kappa shape index (κ1) is 18.3. The highest BCUT2D eigenvalue weighted by Crippen LogP contribution is 2.21. The van der Waals surface area contributed by atoms with Crippen LogP contribution in [0.15, 0.2) is 12.3 Å². The van der Waals surface area contributed by atoms with Crippen LogP contribution in [0.5, 0.6) is 0 Å². The van der Waals surface area contributed by atoms with Gasteiger partial charge in [0.2, 0.25) is 5.91 Å². The summed E-state index contributed by atoms with van der Waals surface area (Å²) in [6.07, 6.45) is 5.48. The molecule has 1 aliphatic carbocycles. The van der Waals surface area contributed by atoms with Gasteiger partial charge in [-0.05, 0) is 58.1 Å². The van der Waals surface area contributed by atoms with Crippen molar-refractivity contribution in [2.24, 2.45) is 0 Å². The van der Waals surface area contributed by atoms with E-state index in [0.717, 1.165) is 24.1 Å². The van der Waals surface area contributed by atoms with Gasteiger partial charge in [0, 0.05) is 30.6 Å². The maximum atomic E-state index is 12.3. The van der Waals surface area contributed by atoms with E-state index in [9.17, 15) is 9.59 Å². The molecule has 0 aromatic carbocycles. The molecule has 26 heavy (non-hydrogen) atoms. The summed E-state index contributed by atoms with van der Waals surface area (Å²) in [6, 6.07) is 2.04. The standard InChI is InChI=1S/C20H26N4O2/c1-12(24-14(3)20(15(4)25)13(2)23-24)8-19(26)22-11-16-9-17-6-5-7-18(17)21-10-16/h9-10,12H,5-8,11H2,1-4H3,(H,22,26)/t12-/m1/s1. The molecular weight excluding hydrogens is 328 g/mol. The number of pyridine rings is 1. The fraction of sp³-hybridized carbons (Fsp3) is 0.500. The summed E-state index contributed by atoms with van der Waals surface area (Å²) in [5.41, 5.74) is 5.73. The number of hydrogen-bond acceptors (Lipinski definition) is 4. The number of hydrogen-bond donors (Lipinski definition) is 1. The number of carbonyl (C=O) groups excluding carboxylic acids is 2. The Labute approximate surface area is 154 Å². The lowest BCUT2D eigenvalue weighted by atomic mass is 10.1. The van der Waals surface area contributed by atoms with Gasteiger partial charge in [-0.25, -0.2) is 0 Å². The predicted molar refractivity (Wildman–Crippen MR) is 99.1 cm³/mol. The minimum Gasteiger partial charge on any atom is -0.352 e. The summed E-state index contributed by atoms with van der Waals surface area (Å²) in [7, 11) is 0. The van der Waals surface area contributed by atoms with Gasteiger partial charge in [-0.15, -0.1) is 0 Å². The highest BCUT2D eigenvalue weighted by atomic mass is 16.1. The summed E-state index contributed by atoms with van der Waals surface area (Å²) in [5, 5.41) is 7.42. The maximum Gasteiger partial charge on any atom is 0.222 e. The number of aromatic nitrogens is 3. The lowest BCUT2D eigenvalue weighted by Gasteiger charge is -2.14. The average molecular weight is 354 g/mol. The molecule has 2 aromatic heterocycles. The second-order valence-electron chi connectivity index (χ2n) is 7.18. The van der Waals surface area contributed by atoms with E-state index in [0.29, 0.717) is 24.2 Å². The number of fused-ring (bicyclic) bond motifs is 1. The van der Waals surface area contributed by atoms with Crippen molar-refractivity contribution >= 4 is 11.7 Å². The van der Waals surface area contributed by atoms with Gasteiger partial charge in [0.05, 0.1) is 17.3 Å². The number of nitrogens with zero attached hydrogens (tertiary/aromatic N) is 3. The molecule has 1 atom stereocenters. The highest BCUT2D eigenvalue weighted by molar-refractivity contribution is 5.96. The first-order valence-corrected chi connectivity index (χ1v) is 9.16. The molecule has 0 saturated carbocycles. The first-order valence-electron chi connectivity index (χ1n) is 9.16. The Hall–Kier alpha value is -2.50. The molecule has 138 valence electrons. The van der Waals surface area contributed by atoms with Crippen molar-refractivity contribution in [2.45, 2.75) is 66.0 Å². The Morgan fingerprint density at radius 1 is 1.31 bits per heavy atom. The third kappa shape index (κ3) is 3.69. The van der Waals surface area contributed by atoms with Crippen molar-refractivity contribution in [3.05, 3.63) is 46.0 Å². The van der Waals surface area contributed by atoms with Crippen LogP contribution in [-0.2, 0) is 24.2 Å². The molecule has 1 aliphatic rings. The molecule has 0 aliphatic heterocycles. The predicted octanol–water partition coefficient (Wildman–Crippen LogP) is 2.85. The molecule has 6 heteroatoms. The van der Waals surface area contributed by atoms with Crippen molar-refractivity contribution in [1.82, 2.24) is 20.1 Å². The van der Waals surface area contributed by atoms with Crippen LogP contribution in [0.1, 0.15) is 71.3 Å². The molecule has 2 aromatic rings. The molecule has 6 nitrogen and oxygen atoms in total. The molecular formula is C20H26N4O2. The van der Waals surface area contributed by atoms with Gasteiger partial charge in [-0.1, -0.05) is 6.07 Å². The van der Waals surface area contributed by atoms with Gasteiger partial charge in [-0.2, -0.15) is 5.10 Å². The van der Waals surface area contributed by atoms with Crippen LogP contribution in [0.3, 0.4) is 0 Å². The van der Waals surface area contributed by atoms with Crippen molar-refractivity contribution in [3.63, 3.8) is 0 Å². The van der Waals surface area contributed by atoms with Crippen molar-refractivity contribution in [2.75, 3.05) is 0 Å². The number of ketones is 1. The fourth-order valence-electron chi connectivity index (χ4n) is 3.80. The van der Waals surface area contributed by atoms with E-state index in [4.69, 9.17) is 0 Å². The number of carbonyl (C=O) groups is 2. The van der Waals surface area contributed by atoms with E-state index in [1.165, 1.54) is 17.7 Å². The van der Waals surface area contributed by atoms with Gasteiger partial charge in [-0.3, -0.25) is 19.3 Å².